The summed E-state index contributed by atoms with van der Waals surface area (Å²) in [5, 5.41) is 9.44. The molecule has 2 aromatic carbocycles. The van der Waals surface area contributed by atoms with E-state index in [0.717, 1.165) is 24.8 Å². The van der Waals surface area contributed by atoms with Crippen molar-refractivity contribution in [2.75, 3.05) is 0 Å². The number of benzene rings is 2. The number of rotatable bonds is 4. The van der Waals surface area contributed by atoms with E-state index in [2.05, 4.69) is 12.1 Å². The van der Waals surface area contributed by atoms with E-state index in [1.807, 2.05) is 6.07 Å². The molecule has 0 saturated carbocycles. The third-order valence-electron chi connectivity index (χ3n) is 4.18. The Hall–Kier alpha value is -2.16. The molecular weight excluding hydrogens is 267 g/mol. The van der Waals surface area contributed by atoms with Gasteiger partial charge in [0.15, 0.2) is 0 Å². The first-order chi connectivity index (χ1) is 10.1. The second-order valence-electron chi connectivity index (χ2n) is 5.57. The van der Waals surface area contributed by atoms with E-state index >= 15 is 0 Å². The van der Waals surface area contributed by atoms with Crippen molar-refractivity contribution in [1.29, 1.82) is 0 Å². The van der Waals surface area contributed by atoms with Crippen LogP contribution in [0.4, 0.5) is 4.39 Å². The fourth-order valence-electron chi connectivity index (χ4n) is 3.08. The number of halogens is 1. The van der Waals surface area contributed by atoms with Gasteiger partial charge in [0.05, 0.1) is 5.92 Å². The normalized spacial score (nSPS) is 14.7. The molecule has 1 N–H and O–H groups in total. The molecule has 1 aliphatic rings. The molecule has 0 radical (unpaired) electrons. The Bertz CT molecular complexity index is 679. The fourth-order valence-corrected chi connectivity index (χ4v) is 3.08. The Labute approximate surface area is 123 Å². The van der Waals surface area contributed by atoms with E-state index in [4.69, 9.17) is 0 Å². The maximum atomic E-state index is 13.9. The molecule has 0 fully saturated rings. The first-order valence-corrected chi connectivity index (χ1v) is 7.23. The predicted molar refractivity (Wildman–Crippen MR) is 78.9 cm³/mol. The Balaban J connectivity index is 1.90. The fraction of sp³-hybridized carbons (Fsp3) is 0.278. The number of carboxylic acids is 1. The largest absolute Gasteiger partial charge is 0.481 e. The topological polar surface area (TPSA) is 37.3 Å². The molecule has 2 nitrogen and oxygen atoms in total. The molecule has 1 aliphatic carbocycles. The van der Waals surface area contributed by atoms with Crippen LogP contribution >= 0.6 is 0 Å². The Morgan fingerprint density at radius 1 is 1.14 bits per heavy atom. The van der Waals surface area contributed by atoms with Crippen LogP contribution < -0.4 is 0 Å². The lowest BCUT2D eigenvalue weighted by molar-refractivity contribution is -0.138. The molecule has 0 aliphatic heterocycles. The lowest BCUT2D eigenvalue weighted by atomic mass is 9.90. The summed E-state index contributed by atoms with van der Waals surface area (Å²) >= 11 is 0. The van der Waals surface area contributed by atoms with Gasteiger partial charge in [0.25, 0.3) is 0 Å². The third-order valence-corrected chi connectivity index (χ3v) is 4.18. The summed E-state index contributed by atoms with van der Waals surface area (Å²) in [5.74, 6) is -2.28. The average molecular weight is 284 g/mol. The van der Waals surface area contributed by atoms with E-state index in [9.17, 15) is 14.3 Å². The van der Waals surface area contributed by atoms with Crippen LogP contribution in [0.1, 0.15) is 34.6 Å². The summed E-state index contributed by atoms with van der Waals surface area (Å²) in [6.45, 7) is 0. The van der Waals surface area contributed by atoms with Crippen LogP contribution in [0, 0.1) is 5.82 Å². The van der Waals surface area contributed by atoms with Crippen LogP contribution in [0.15, 0.2) is 42.5 Å². The third kappa shape index (κ3) is 2.82. The number of aliphatic carboxylic acids is 1. The quantitative estimate of drug-likeness (QED) is 0.929. The lowest BCUT2D eigenvalue weighted by Gasteiger charge is -2.14. The first kappa shape index (κ1) is 13.8. The highest BCUT2D eigenvalue weighted by Gasteiger charge is 2.24. The van der Waals surface area contributed by atoms with Crippen LogP contribution in [0.5, 0.6) is 0 Å². The second-order valence-corrected chi connectivity index (χ2v) is 5.57. The zero-order valence-electron chi connectivity index (χ0n) is 11.7. The van der Waals surface area contributed by atoms with Crippen molar-refractivity contribution in [1.82, 2.24) is 0 Å². The summed E-state index contributed by atoms with van der Waals surface area (Å²) in [4.78, 5) is 11.5. The summed E-state index contributed by atoms with van der Waals surface area (Å²) in [5.41, 5.74) is 3.89. The van der Waals surface area contributed by atoms with Gasteiger partial charge in [-0.2, -0.15) is 0 Å². The van der Waals surface area contributed by atoms with Gasteiger partial charge in [-0.15, -0.1) is 0 Å². The number of hydrogen-bond acceptors (Lipinski definition) is 1. The minimum atomic E-state index is -0.986. The average Bonchev–Trinajstić information content (AvgIpc) is 2.93. The molecule has 0 heterocycles. The van der Waals surface area contributed by atoms with E-state index in [1.54, 1.807) is 18.2 Å². The van der Waals surface area contributed by atoms with Gasteiger partial charge in [-0.05, 0) is 48.4 Å². The highest BCUT2D eigenvalue weighted by atomic mass is 19.1. The van der Waals surface area contributed by atoms with Gasteiger partial charge < -0.3 is 5.11 Å². The van der Waals surface area contributed by atoms with Crippen LogP contribution in [0.2, 0.25) is 0 Å². The van der Waals surface area contributed by atoms with Gasteiger partial charge in [-0.3, -0.25) is 4.79 Å². The summed E-state index contributed by atoms with van der Waals surface area (Å²) in [7, 11) is 0. The molecule has 0 aromatic heterocycles. The Kier molecular flexibility index (Phi) is 3.74. The van der Waals surface area contributed by atoms with Crippen molar-refractivity contribution < 1.29 is 14.3 Å². The minimum absolute atomic E-state index is 0.255. The zero-order chi connectivity index (χ0) is 14.8. The molecule has 108 valence electrons. The number of hydrogen-bond donors (Lipinski definition) is 1. The van der Waals surface area contributed by atoms with Crippen molar-refractivity contribution in [2.45, 2.75) is 31.6 Å². The molecule has 0 spiro atoms. The molecule has 21 heavy (non-hydrogen) atoms. The zero-order valence-corrected chi connectivity index (χ0v) is 11.7. The van der Waals surface area contributed by atoms with E-state index in [-0.39, 0.29) is 5.56 Å². The standard InChI is InChI=1S/C18H17FO2/c19-17-7-2-1-6-15(17)16(18(20)21)11-12-8-9-13-4-3-5-14(13)10-12/h1-2,6-10,16H,3-5,11H2,(H,20,21). The maximum Gasteiger partial charge on any atom is 0.311 e. The van der Waals surface area contributed by atoms with Gasteiger partial charge in [0.1, 0.15) is 5.82 Å². The van der Waals surface area contributed by atoms with Gasteiger partial charge in [0.2, 0.25) is 0 Å². The number of aryl methyl sites for hydroxylation is 2. The van der Waals surface area contributed by atoms with Gasteiger partial charge in [-0.1, -0.05) is 36.4 Å². The molecule has 1 atom stereocenters. The van der Waals surface area contributed by atoms with Crippen molar-refractivity contribution >= 4 is 5.97 Å². The number of fused-ring (bicyclic) bond motifs is 1. The summed E-state index contributed by atoms with van der Waals surface area (Å²) in [6, 6.07) is 12.3. The van der Waals surface area contributed by atoms with Gasteiger partial charge >= 0.3 is 5.97 Å². The van der Waals surface area contributed by atoms with Crippen molar-refractivity contribution in [3.8, 4) is 0 Å². The first-order valence-electron chi connectivity index (χ1n) is 7.23. The van der Waals surface area contributed by atoms with Crippen molar-refractivity contribution in [3.63, 3.8) is 0 Å². The molecule has 1 unspecified atom stereocenters. The molecular formula is C18H17FO2. The van der Waals surface area contributed by atoms with E-state index < -0.39 is 17.7 Å². The number of carboxylic acid groups (broad SMARTS) is 1. The Morgan fingerprint density at radius 2 is 1.90 bits per heavy atom. The van der Waals surface area contributed by atoms with Gasteiger partial charge in [0, 0.05) is 5.56 Å². The predicted octanol–water partition coefficient (Wildman–Crippen LogP) is 3.73. The summed E-state index contributed by atoms with van der Waals surface area (Å²) in [6.07, 6.45) is 3.64. The Morgan fingerprint density at radius 3 is 2.67 bits per heavy atom. The highest BCUT2D eigenvalue weighted by Crippen LogP contribution is 2.27. The van der Waals surface area contributed by atoms with E-state index in [1.165, 1.54) is 17.2 Å². The van der Waals surface area contributed by atoms with Crippen LogP contribution in [-0.4, -0.2) is 11.1 Å². The van der Waals surface area contributed by atoms with Crippen molar-refractivity contribution in [2.24, 2.45) is 0 Å². The molecule has 2 aromatic rings. The minimum Gasteiger partial charge on any atom is -0.481 e. The van der Waals surface area contributed by atoms with Crippen LogP contribution in [-0.2, 0) is 24.1 Å². The monoisotopic (exact) mass is 284 g/mol. The van der Waals surface area contributed by atoms with Crippen LogP contribution in [0.3, 0.4) is 0 Å². The summed E-state index contributed by atoms with van der Waals surface area (Å²) < 4.78 is 13.9. The molecule has 3 heteroatoms. The highest BCUT2D eigenvalue weighted by molar-refractivity contribution is 5.76. The van der Waals surface area contributed by atoms with Gasteiger partial charge in [-0.25, -0.2) is 4.39 Å². The smallest absolute Gasteiger partial charge is 0.311 e. The number of carbonyl (C=O) groups is 1. The second kappa shape index (κ2) is 5.68. The lowest BCUT2D eigenvalue weighted by Crippen LogP contribution is -2.16. The van der Waals surface area contributed by atoms with Crippen LogP contribution in [0.25, 0.3) is 0 Å². The molecule has 0 saturated heterocycles. The maximum absolute atomic E-state index is 13.9. The van der Waals surface area contributed by atoms with Crippen molar-refractivity contribution in [3.05, 3.63) is 70.5 Å². The SMILES string of the molecule is O=C(O)C(Cc1ccc2c(c1)CCC2)c1ccccc1F. The molecule has 3 rings (SSSR count). The molecule has 0 amide bonds. The molecule has 0 bridgehead atoms. The van der Waals surface area contributed by atoms with E-state index in [0.29, 0.717) is 6.42 Å².